The first-order valence-electron chi connectivity index (χ1n) is 10.5. The van der Waals surface area contributed by atoms with Gasteiger partial charge in [-0.2, -0.15) is 0 Å². The Morgan fingerprint density at radius 2 is 1.72 bits per heavy atom. The Hall–Kier alpha value is -2.53. The summed E-state index contributed by atoms with van der Waals surface area (Å²) in [6.07, 6.45) is 1.51. The highest BCUT2D eigenvalue weighted by molar-refractivity contribution is 5.76. The summed E-state index contributed by atoms with van der Waals surface area (Å²) in [6.45, 7) is 9.35. The molecule has 0 atom stereocenters. The number of nitrogens with zero attached hydrogens (tertiary/aromatic N) is 2. The van der Waals surface area contributed by atoms with Crippen LogP contribution >= 0.6 is 0 Å². The molecule has 3 rings (SSSR count). The number of anilines is 1. The lowest BCUT2D eigenvalue weighted by atomic mass is 10.1. The average Bonchev–Trinajstić information content (AvgIpc) is 2.76. The molecule has 0 aromatic heterocycles. The molecule has 5 nitrogen and oxygen atoms in total. The number of aryl methyl sites for hydroxylation is 1. The van der Waals surface area contributed by atoms with Gasteiger partial charge in [0, 0.05) is 44.8 Å². The molecule has 0 spiro atoms. The molecule has 1 heterocycles. The van der Waals surface area contributed by atoms with Crippen molar-refractivity contribution in [1.82, 2.24) is 10.2 Å². The predicted octanol–water partition coefficient (Wildman–Crippen LogP) is 3.18. The van der Waals surface area contributed by atoms with Crippen molar-refractivity contribution in [2.24, 2.45) is 0 Å². The van der Waals surface area contributed by atoms with Gasteiger partial charge in [-0.15, -0.1) is 0 Å². The fourth-order valence-corrected chi connectivity index (χ4v) is 3.78. The van der Waals surface area contributed by atoms with Crippen LogP contribution < -0.4 is 15.0 Å². The van der Waals surface area contributed by atoms with Crippen LogP contribution in [0, 0.1) is 13.8 Å². The van der Waals surface area contributed by atoms with E-state index in [1.807, 2.05) is 17.0 Å². The van der Waals surface area contributed by atoms with Crippen molar-refractivity contribution in [3.8, 4) is 5.75 Å². The number of nitrogens with one attached hydrogen (secondary N) is 1. The number of benzene rings is 2. The molecule has 1 fully saturated rings. The van der Waals surface area contributed by atoms with Gasteiger partial charge in [0.05, 0.1) is 7.11 Å². The number of ether oxygens (including phenoxy) is 1. The van der Waals surface area contributed by atoms with Crippen LogP contribution in [0.25, 0.3) is 0 Å². The van der Waals surface area contributed by atoms with E-state index in [2.05, 4.69) is 54.4 Å². The van der Waals surface area contributed by atoms with Gasteiger partial charge in [-0.1, -0.05) is 24.3 Å². The zero-order valence-corrected chi connectivity index (χ0v) is 17.9. The highest BCUT2D eigenvalue weighted by Crippen LogP contribution is 2.24. The number of carbonyl (C=O) groups is 1. The summed E-state index contributed by atoms with van der Waals surface area (Å²) in [7, 11) is 1.68. The molecule has 1 amide bonds. The first-order chi connectivity index (χ1) is 14.1. The summed E-state index contributed by atoms with van der Waals surface area (Å²) in [5.74, 6) is 1.13. The number of methoxy groups -OCH3 is 1. The van der Waals surface area contributed by atoms with Crippen LogP contribution in [0.1, 0.15) is 23.1 Å². The molecule has 1 aliphatic heterocycles. The van der Waals surface area contributed by atoms with Crippen LogP contribution in [0.4, 0.5) is 5.69 Å². The minimum atomic E-state index is 0.252. The van der Waals surface area contributed by atoms with Crippen LogP contribution in [0.15, 0.2) is 42.5 Å². The van der Waals surface area contributed by atoms with E-state index < -0.39 is 0 Å². The quantitative estimate of drug-likeness (QED) is 0.698. The lowest BCUT2D eigenvalue weighted by Crippen LogP contribution is -2.49. The fraction of sp³-hybridized carbons (Fsp3) is 0.458. The smallest absolute Gasteiger partial charge is 0.223 e. The second-order valence-electron chi connectivity index (χ2n) is 7.68. The Morgan fingerprint density at radius 3 is 2.41 bits per heavy atom. The van der Waals surface area contributed by atoms with E-state index in [1.54, 1.807) is 7.11 Å². The Labute approximate surface area is 174 Å². The maximum atomic E-state index is 12.5. The van der Waals surface area contributed by atoms with Crippen molar-refractivity contribution in [3.63, 3.8) is 0 Å². The molecule has 2 aromatic rings. The summed E-state index contributed by atoms with van der Waals surface area (Å²) in [4.78, 5) is 16.9. The number of piperazine rings is 1. The lowest BCUT2D eigenvalue weighted by molar-refractivity contribution is -0.131. The van der Waals surface area contributed by atoms with Gasteiger partial charge in [0.1, 0.15) is 5.75 Å². The van der Waals surface area contributed by atoms with Crippen LogP contribution in [0.3, 0.4) is 0 Å². The molecule has 0 saturated carbocycles. The van der Waals surface area contributed by atoms with Gasteiger partial charge >= 0.3 is 0 Å². The molecule has 29 heavy (non-hydrogen) atoms. The molecular weight excluding hydrogens is 362 g/mol. The summed E-state index contributed by atoms with van der Waals surface area (Å²) in [5.41, 5.74) is 5.24. The molecule has 1 saturated heterocycles. The summed E-state index contributed by atoms with van der Waals surface area (Å²) in [6, 6.07) is 14.6. The Balaban J connectivity index is 1.35. The standard InChI is InChI=1S/C24H33N3O2/c1-19-5-4-6-23(20(19)2)26-15-17-27(18-16-26)24(28)12-14-25-13-11-21-7-9-22(29-3)10-8-21/h4-10,25H,11-18H2,1-3H3. The fourth-order valence-electron chi connectivity index (χ4n) is 3.78. The molecule has 156 valence electrons. The summed E-state index contributed by atoms with van der Waals surface area (Å²) < 4.78 is 5.18. The van der Waals surface area contributed by atoms with Gasteiger partial charge < -0.3 is 19.9 Å². The minimum Gasteiger partial charge on any atom is -0.497 e. The lowest BCUT2D eigenvalue weighted by Gasteiger charge is -2.37. The topological polar surface area (TPSA) is 44.8 Å². The second-order valence-corrected chi connectivity index (χ2v) is 7.68. The minimum absolute atomic E-state index is 0.252. The van der Waals surface area contributed by atoms with Crippen molar-refractivity contribution in [3.05, 3.63) is 59.2 Å². The summed E-state index contributed by atoms with van der Waals surface area (Å²) >= 11 is 0. The first-order valence-corrected chi connectivity index (χ1v) is 10.5. The number of hydrogen-bond donors (Lipinski definition) is 1. The number of amides is 1. The second kappa shape index (κ2) is 10.3. The highest BCUT2D eigenvalue weighted by Gasteiger charge is 2.21. The summed E-state index contributed by atoms with van der Waals surface area (Å²) in [5, 5.41) is 3.39. The van der Waals surface area contributed by atoms with Gasteiger partial charge in [0.15, 0.2) is 0 Å². The van der Waals surface area contributed by atoms with Gasteiger partial charge in [-0.25, -0.2) is 0 Å². The van der Waals surface area contributed by atoms with E-state index in [0.29, 0.717) is 6.42 Å². The van der Waals surface area contributed by atoms with Crippen LogP contribution in [0.5, 0.6) is 5.75 Å². The van der Waals surface area contributed by atoms with Crippen molar-refractivity contribution in [2.75, 3.05) is 51.3 Å². The Kier molecular flexibility index (Phi) is 7.53. The molecule has 5 heteroatoms. The average molecular weight is 396 g/mol. The van der Waals surface area contributed by atoms with E-state index in [9.17, 15) is 4.79 Å². The van der Waals surface area contributed by atoms with Crippen molar-refractivity contribution in [2.45, 2.75) is 26.7 Å². The third-order valence-corrected chi connectivity index (χ3v) is 5.81. The normalized spacial score (nSPS) is 14.2. The SMILES string of the molecule is COc1ccc(CCNCCC(=O)N2CCN(c3cccc(C)c3C)CC2)cc1. The Morgan fingerprint density at radius 1 is 1.00 bits per heavy atom. The van der Waals surface area contributed by atoms with Gasteiger partial charge in [0.2, 0.25) is 5.91 Å². The van der Waals surface area contributed by atoms with Crippen LogP contribution in [0.2, 0.25) is 0 Å². The number of carbonyl (C=O) groups excluding carboxylic acids is 1. The third kappa shape index (κ3) is 5.73. The van der Waals surface area contributed by atoms with Gasteiger partial charge in [-0.3, -0.25) is 4.79 Å². The molecule has 0 bridgehead atoms. The molecular formula is C24H33N3O2. The largest absolute Gasteiger partial charge is 0.497 e. The maximum Gasteiger partial charge on any atom is 0.223 e. The van der Waals surface area contributed by atoms with E-state index in [0.717, 1.165) is 51.4 Å². The monoisotopic (exact) mass is 395 g/mol. The molecule has 0 unspecified atom stereocenters. The predicted molar refractivity (Wildman–Crippen MR) is 119 cm³/mol. The van der Waals surface area contributed by atoms with Crippen LogP contribution in [-0.2, 0) is 11.2 Å². The Bertz CT molecular complexity index is 796. The van der Waals surface area contributed by atoms with Crippen molar-refractivity contribution >= 4 is 11.6 Å². The zero-order chi connectivity index (χ0) is 20.6. The van der Waals surface area contributed by atoms with Crippen LogP contribution in [-0.4, -0.2) is 57.2 Å². The zero-order valence-electron chi connectivity index (χ0n) is 17.9. The highest BCUT2D eigenvalue weighted by atomic mass is 16.5. The molecule has 0 radical (unpaired) electrons. The van der Waals surface area contributed by atoms with E-state index in [1.165, 1.54) is 22.4 Å². The van der Waals surface area contributed by atoms with E-state index in [-0.39, 0.29) is 5.91 Å². The number of rotatable bonds is 8. The van der Waals surface area contributed by atoms with Gasteiger partial charge in [0.25, 0.3) is 0 Å². The molecule has 1 aliphatic rings. The maximum absolute atomic E-state index is 12.5. The molecule has 0 aliphatic carbocycles. The van der Waals surface area contributed by atoms with E-state index in [4.69, 9.17) is 4.74 Å². The molecule has 1 N–H and O–H groups in total. The van der Waals surface area contributed by atoms with Gasteiger partial charge in [-0.05, 0) is 61.7 Å². The van der Waals surface area contributed by atoms with Crippen molar-refractivity contribution in [1.29, 1.82) is 0 Å². The van der Waals surface area contributed by atoms with Crippen molar-refractivity contribution < 1.29 is 9.53 Å². The number of hydrogen-bond acceptors (Lipinski definition) is 4. The molecule has 2 aromatic carbocycles. The third-order valence-electron chi connectivity index (χ3n) is 5.81. The van der Waals surface area contributed by atoms with E-state index >= 15 is 0 Å². The first kappa shape index (κ1) is 21.2.